The van der Waals surface area contributed by atoms with Crippen LogP contribution in [0.15, 0.2) is 48.7 Å². The van der Waals surface area contributed by atoms with Gasteiger partial charge >= 0.3 is 5.97 Å². The molecule has 1 atom stereocenters. The van der Waals surface area contributed by atoms with Gasteiger partial charge in [-0.05, 0) is 17.7 Å². The number of rotatable bonds is 4. The van der Waals surface area contributed by atoms with Gasteiger partial charge in [0.15, 0.2) is 0 Å². The van der Waals surface area contributed by atoms with Gasteiger partial charge in [-0.3, -0.25) is 0 Å². The third kappa shape index (κ3) is 2.54. The molecule has 0 aliphatic heterocycles. The zero-order chi connectivity index (χ0) is 12.3. The Labute approximate surface area is 98.8 Å². The molecule has 0 aliphatic rings. The third-order valence-corrected chi connectivity index (χ3v) is 2.60. The number of hydrogen-bond donors (Lipinski definition) is 2. The summed E-state index contributed by atoms with van der Waals surface area (Å²) in [5, 5.41) is 18.9. The van der Waals surface area contributed by atoms with Crippen LogP contribution in [0.1, 0.15) is 22.2 Å². The van der Waals surface area contributed by atoms with Gasteiger partial charge in [0.05, 0.1) is 12.6 Å². The predicted molar refractivity (Wildman–Crippen MR) is 62.8 cm³/mol. The first kappa shape index (κ1) is 11.4. The van der Waals surface area contributed by atoms with Crippen LogP contribution in [0.2, 0.25) is 0 Å². The number of carbonyl (C=O) groups is 1. The molecule has 0 saturated carbocycles. The lowest BCUT2D eigenvalue weighted by molar-refractivity contribution is 0.0679. The van der Waals surface area contributed by atoms with Crippen LogP contribution < -0.4 is 0 Å². The van der Waals surface area contributed by atoms with E-state index in [0.29, 0.717) is 0 Å². The number of carboxylic acids is 1. The summed E-state index contributed by atoms with van der Waals surface area (Å²) in [6, 6.07) is 12.3. The number of aliphatic hydroxyl groups is 1. The Hall–Kier alpha value is -2.07. The molecule has 17 heavy (non-hydrogen) atoms. The lowest BCUT2D eigenvalue weighted by Gasteiger charge is -2.13. The van der Waals surface area contributed by atoms with Gasteiger partial charge in [0.2, 0.25) is 0 Å². The van der Waals surface area contributed by atoms with Crippen molar-refractivity contribution in [3.63, 3.8) is 0 Å². The molecule has 88 valence electrons. The molecule has 0 amide bonds. The molecule has 0 fully saturated rings. The van der Waals surface area contributed by atoms with Crippen molar-refractivity contribution in [3.8, 4) is 0 Å². The average molecular weight is 231 g/mol. The molecule has 0 saturated heterocycles. The summed E-state index contributed by atoms with van der Waals surface area (Å²) in [6.07, 6.45) is 0.942. The quantitative estimate of drug-likeness (QED) is 0.845. The molecule has 2 N–H and O–H groups in total. The summed E-state index contributed by atoms with van der Waals surface area (Å²) in [4.78, 5) is 10.9. The molecule has 0 bridgehead atoms. The fourth-order valence-corrected chi connectivity index (χ4v) is 1.73. The minimum atomic E-state index is -0.990. The molecule has 2 aromatic rings. The number of benzene rings is 1. The Kier molecular flexibility index (Phi) is 3.25. The van der Waals surface area contributed by atoms with Crippen LogP contribution in [-0.2, 0) is 6.54 Å². The second-order valence-corrected chi connectivity index (χ2v) is 3.78. The fraction of sp³-hybridized carbons (Fsp3) is 0.154. The van der Waals surface area contributed by atoms with Crippen LogP contribution >= 0.6 is 0 Å². The van der Waals surface area contributed by atoms with Gasteiger partial charge in [0, 0.05) is 6.20 Å². The number of hydrogen-bond acceptors (Lipinski definition) is 2. The van der Waals surface area contributed by atoms with Gasteiger partial charge in [0.1, 0.15) is 5.69 Å². The smallest absolute Gasteiger partial charge is 0.352 e. The van der Waals surface area contributed by atoms with E-state index >= 15 is 0 Å². The number of nitrogens with zero attached hydrogens (tertiary/aromatic N) is 1. The lowest BCUT2D eigenvalue weighted by atomic mass is 10.1. The molecule has 4 nitrogen and oxygen atoms in total. The van der Waals surface area contributed by atoms with Crippen molar-refractivity contribution in [2.45, 2.75) is 12.6 Å². The van der Waals surface area contributed by atoms with Crippen LogP contribution in [0.3, 0.4) is 0 Å². The van der Waals surface area contributed by atoms with Crippen molar-refractivity contribution in [3.05, 3.63) is 59.9 Å². The molecule has 4 heteroatoms. The van der Waals surface area contributed by atoms with Crippen molar-refractivity contribution in [1.29, 1.82) is 0 Å². The summed E-state index contributed by atoms with van der Waals surface area (Å²) in [5.41, 5.74) is 0.956. The van der Waals surface area contributed by atoms with E-state index < -0.39 is 12.1 Å². The molecule has 1 aromatic carbocycles. The van der Waals surface area contributed by atoms with Gasteiger partial charge in [-0.2, -0.15) is 0 Å². The zero-order valence-electron chi connectivity index (χ0n) is 9.15. The summed E-state index contributed by atoms with van der Waals surface area (Å²) in [5.74, 6) is -0.990. The van der Waals surface area contributed by atoms with E-state index in [0.717, 1.165) is 5.56 Å². The van der Waals surface area contributed by atoms with E-state index in [1.54, 1.807) is 12.3 Å². The molecule has 1 aromatic heterocycles. The Morgan fingerprint density at radius 2 is 1.88 bits per heavy atom. The number of aromatic nitrogens is 1. The molecular weight excluding hydrogens is 218 g/mol. The van der Waals surface area contributed by atoms with Crippen LogP contribution in [0.25, 0.3) is 0 Å². The van der Waals surface area contributed by atoms with Crippen molar-refractivity contribution in [1.82, 2.24) is 4.57 Å². The second-order valence-electron chi connectivity index (χ2n) is 3.78. The first-order valence-electron chi connectivity index (χ1n) is 5.30. The Bertz CT molecular complexity index is 504. The first-order chi connectivity index (χ1) is 8.18. The highest BCUT2D eigenvalue weighted by Crippen LogP contribution is 2.16. The second kappa shape index (κ2) is 4.84. The third-order valence-electron chi connectivity index (χ3n) is 2.60. The normalized spacial score (nSPS) is 12.3. The van der Waals surface area contributed by atoms with Gasteiger partial charge < -0.3 is 14.8 Å². The van der Waals surface area contributed by atoms with E-state index in [-0.39, 0.29) is 12.2 Å². The van der Waals surface area contributed by atoms with Crippen LogP contribution in [0, 0.1) is 0 Å². The minimum Gasteiger partial charge on any atom is -0.477 e. The maximum atomic E-state index is 10.9. The standard InChI is InChI=1S/C13H13NO3/c15-12(10-5-2-1-3-6-10)9-14-8-4-7-11(14)13(16)17/h1-8,12,15H,9H2,(H,16,17). The van der Waals surface area contributed by atoms with E-state index in [1.165, 1.54) is 10.6 Å². The van der Waals surface area contributed by atoms with Crippen molar-refractivity contribution < 1.29 is 15.0 Å². The Morgan fingerprint density at radius 3 is 2.53 bits per heavy atom. The highest BCUT2D eigenvalue weighted by molar-refractivity contribution is 5.85. The predicted octanol–water partition coefficient (Wildman–Crippen LogP) is 1.92. The van der Waals surface area contributed by atoms with Gasteiger partial charge in [-0.15, -0.1) is 0 Å². The molecule has 1 heterocycles. The summed E-state index contributed by atoms with van der Waals surface area (Å²) < 4.78 is 1.53. The van der Waals surface area contributed by atoms with Gasteiger partial charge in [0.25, 0.3) is 0 Å². The molecule has 0 aliphatic carbocycles. The summed E-state index contributed by atoms with van der Waals surface area (Å²) >= 11 is 0. The van der Waals surface area contributed by atoms with Gasteiger partial charge in [-0.1, -0.05) is 30.3 Å². The largest absolute Gasteiger partial charge is 0.477 e. The Balaban J connectivity index is 2.16. The first-order valence-corrected chi connectivity index (χ1v) is 5.30. The summed E-state index contributed by atoms with van der Waals surface area (Å²) in [6.45, 7) is 0.235. The van der Waals surface area contributed by atoms with Crippen molar-refractivity contribution >= 4 is 5.97 Å². The maximum Gasteiger partial charge on any atom is 0.352 e. The average Bonchev–Trinajstić information content (AvgIpc) is 2.78. The lowest BCUT2D eigenvalue weighted by Crippen LogP contribution is -2.13. The van der Waals surface area contributed by atoms with Gasteiger partial charge in [-0.25, -0.2) is 4.79 Å². The molecule has 0 spiro atoms. The number of aromatic carboxylic acids is 1. The van der Waals surface area contributed by atoms with E-state index in [4.69, 9.17) is 5.11 Å². The molecule has 2 rings (SSSR count). The SMILES string of the molecule is O=C(O)c1cccn1CC(O)c1ccccc1. The zero-order valence-corrected chi connectivity index (χ0v) is 9.15. The fourth-order valence-electron chi connectivity index (χ4n) is 1.73. The monoisotopic (exact) mass is 231 g/mol. The highest BCUT2D eigenvalue weighted by Gasteiger charge is 2.13. The highest BCUT2D eigenvalue weighted by atomic mass is 16.4. The maximum absolute atomic E-state index is 10.9. The molecule has 1 unspecified atom stereocenters. The minimum absolute atomic E-state index is 0.181. The van der Waals surface area contributed by atoms with E-state index in [2.05, 4.69) is 0 Å². The van der Waals surface area contributed by atoms with E-state index in [9.17, 15) is 9.90 Å². The van der Waals surface area contributed by atoms with Crippen LogP contribution in [-0.4, -0.2) is 20.7 Å². The number of carboxylic acid groups (broad SMARTS) is 1. The summed E-state index contributed by atoms with van der Waals surface area (Å²) in [7, 11) is 0. The molecule has 0 radical (unpaired) electrons. The Morgan fingerprint density at radius 1 is 1.18 bits per heavy atom. The van der Waals surface area contributed by atoms with E-state index in [1.807, 2.05) is 30.3 Å². The topological polar surface area (TPSA) is 62.5 Å². The molecular formula is C13H13NO3. The van der Waals surface area contributed by atoms with Crippen LogP contribution in [0.5, 0.6) is 0 Å². The van der Waals surface area contributed by atoms with Crippen molar-refractivity contribution in [2.75, 3.05) is 0 Å². The van der Waals surface area contributed by atoms with Crippen molar-refractivity contribution in [2.24, 2.45) is 0 Å². The number of aliphatic hydroxyl groups excluding tert-OH is 1. The van der Waals surface area contributed by atoms with Crippen LogP contribution in [0.4, 0.5) is 0 Å².